The van der Waals surface area contributed by atoms with Crippen LogP contribution in [0.15, 0.2) is 41.1 Å². The van der Waals surface area contributed by atoms with E-state index in [4.69, 9.17) is 4.42 Å². The minimum absolute atomic E-state index is 0.210. The molecule has 0 aliphatic rings. The Morgan fingerprint density at radius 2 is 2.05 bits per heavy atom. The van der Waals surface area contributed by atoms with Gasteiger partial charge in [0.1, 0.15) is 23.2 Å². The van der Waals surface area contributed by atoms with Gasteiger partial charge >= 0.3 is 0 Å². The maximum Gasteiger partial charge on any atom is 0.134 e. The van der Waals surface area contributed by atoms with Crippen molar-refractivity contribution in [2.75, 3.05) is 7.05 Å². The SMILES string of the molecule is CNC(c1cnc(C)cn1)c1cc2cc(F)ccc2o1. The first kappa shape index (κ1) is 12.7. The van der Waals surface area contributed by atoms with Crippen LogP contribution >= 0.6 is 0 Å². The van der Waals surface area contributed by atoms with Crippen LogP contribution in [-0.2, 0) is 0 Å². The van der Waals surface area contributed by atoms with Gasteiger partial charge in [0, 0.05) is 11.6 Å². The Balaban J connectivity index is 2.04. The number of benzene rings is 1. The van der Waals surface area contributed by atoms with Crippen molar-refractivity contribution >= 4 is 11.0 Å². The third-order valence-corrected chi connectivity index (χ3v) is 3.17. The predicted octanol–water partition coefficient (Wildman–Crippen LogP) is 2.98. The molecule has 3 aromatic rings. The van der Waals surface area contributed by atoms with E-state index in [1.807, 2.05) is 20.0 Å². The quantitative estimate of drug-likeness (QED) is 0.795. The lowest BCUT2D eigenvalue weighted by Crippen LogP contribution is -2.18. The number of hydrogen-bond donors (Lipinski definition) is 1. The summed E-state index contributed by atoms with van der Waals surface area (Å²) in [4.78, 5) is 8.59. The molecule has 2 aromatic heterocycles. The first-order valence-corrected chi connectivity index (χ1v) is 6.32. The van der Waals surface area contributed by atoms with Gasteiger partial charge in [-0.25, -0.2) is 4.39 Å². The number of hydrogen-bond acceptors (Lipinski definition) is 4. The molecule has 1 aromatic carbocycles. The van der Waals surface area contributed by atoms with Crippen molar-refractivity contribution in [3.05, 3.63) is 59.6 Å². The summed E-state index contributed by atoms with van der Waals surface area (Å²) >= 11 is 0. The third kappa shape index (κ3) is 2.28. The zero-order valence-electron chi connectivity index (χ0n) is 11.2. The van der Waals surface area contributed by atoms with Gasteiger partial charge in [-0.1, -0.05) is 0 Å². The van der Waals surface area contributed by atoms with E-state index < -0.39 is 0 Å². The Kier molecular flexibility index (Phi) is 3.20. The molecule has 5 heteroatoms. The van der Waals surface area contributed by atoms with Gasteiger partial charge in [0.05, 0.1) is 17.6 Å². The number of furan rings is 1. The van der Waals surface area contributed by atoms with Gasteiger partial charge in [-0.3, -0.25) is 9.97 Å². The van der Waals surface area contributed by atoms with Gasteiger partial charge < -0.3 is 9.73 Å². The smallest absolute Gasteiger partial charge is 0.134 e. The van der Waals surface area contributed by atoms with E-state index in [1.165, 1.54) is 12.1 Å². The normalized spacial score (nSPS) is 12.8. The minimum atomic E-state index is -0.277. The van der Waals surface area contributed by atoms with Crippen molar-refractivity contribution in [2.45, 2.75) is 13.0 Å². The van der Waals surface area contributed by atoms with Crippen LogP contribution in [0.25, 0.3) is 11.0 Å². The highest BCUT2D eigenvalue weighted by Crippen LogP contribution is 2.27. The molecule has 0 saturated carbocycles. The number of nitrogens with one attached hydrogen (secondary N) is 1. The number of fused-ring (bicyclic) bond motifs is 1. The first-order chi connectivity index (χ1) is 9.67. The molecule has 102 valence electrons. The fourth-order valence-corrected chi connectivity index (χ4v) is 2.16. The number of rotatable bonds is 3. The van der Waals surface area contributed by atoms with Crippen LogP contribution in [-0.4, -0.2) is 17.0 Å². The molecule has 0 aliphatic heterocycles. The van der Waals surface area contributed by atoms with Crippen LogP contribution in [0.4, 0.5) is 4.39 Å². The van der Waals surface area contributed by atoms with Crippen LogP contribution in [0.2, 0.25) is 0 Å². The molecule has 1 atom stereocenters. The largest absolute Gasteiger partial charge is 0.459 e. The van der Waals surface area contributed by atoms with Crippen molar-refractivity contribution in [3.63, 3.8) is 0 Å². The Morgan fingerprint density at radius 1 is 1.20 bits per heavy atom. The van der Waals surface area contributed by atoms with Crippen LogP contribution in [0.5, 0.6) is 0 Å². The Labute approximate surface area is 115 Å². The Hall–Kier alpha value is -2.27. The molecule has 0 spiro atoms. The summed E-state index contributed by atoms with van der Waals surface area (Å²) < 4.78 is 19.0. The highest BCUT2D eigenvalue weighted by molar-refractivity contribution is 5.78. The first-order valence-electron chi connectivity index (χ1n) is 6.32. The van der Waals surface area contributed by atoms with E-state index in [0.717, 1.165) is 16.8 Å². The number of halogens is 1. The van der Waals surface area contributed by atoms with E-state index >= 15 is 0 Å². The van der Waals surface area contributed by atoms with Crippen LogP contribution in [0, 0.1) is 12.7 Å². The second kappa shape index (κ2) is 5.02. The number of aryl methyl sites for hydroxylation is 1. The molecule has 0 radical (unpaired) electrons. The van der Waals surface area contributed by atoms with Gasteiger partial charge in [-0.05, 0) is 38.2 Å². The summed E-state index contributed by atoms with van der Waals surface area (Å²) in [6, 6.07) is 6.08. The van der Waals surface area contributed by atoms with Crippen LogP contribution in [0.1, 0.15) is 23.2 Å². The standard InChI is InChI=1S/C15H14FN3O/c1-9-7-19-12(8-18-9)15(17-2)14-6-10-5-11(16)3-4-13(10)20-14/h3-8,15,17H,1-2H3. The summed E-state index contributed by atoms with van der Waals surface area (Å²) in [5, 5.41) is 3.88. The van der Waals surface area contributed by atoms with Gasteiger partial charge in [0.2, 0.25) is 0 Å². The van der Waals surface area contributed by atoms with E-state index in [2.05, 4.69) is 15.3 Å². The zero-order chi connectivity index (χ0) is 14.1. The number of aromatic nitrogens is 2. The molecule has 0 saturated heterocycles. The predicted molar refractivity (Wildman–Crippen MR) is 73.8 cm³/mol. The monoisotopic (exact) mass is 271 g/mol. The van der Waals surface area contributed by atoms with Gasteiger partial charge in [-0.15, -0.1) is 0 Å². The Bertz CT molecular complexity index is 736. The topological polar surface area (TPSA) is 51.0 Å². The van der Waals surface area contributed by atoms with Gasteiger partial charge in [0.15, 0.2) is 0 Å². The molecular formula is C15H14FN3O. The van der Waals surface area contributed by atoms with Crippen molar-refractivity contribution in [3.8, 4) is 0 Å². The van der Waals surface area contributed by atoms with Crippen molar-refractivity contribution < 1.29 is 8.81 Å². The zero-order valence-corrected chi connectivity index (χ0v) is 11.2. The Morgan fingerprint density at radius 3 is 2.75 bits per heavy atom. The summed E-state index contributed by atoms with van der Waals surface area (Å²) in [7, 11) is 1.82. The maximum atomic E-state index is 13.2. The van der Waals surface area contributed by atoms with Crippen LogP contribution in [0.3, 0.4) is 0 Å². The average molecular weight is 271 g/mol. The molecule has 0 amide bonds. The van der Waals surface area contributed by atoms with Crippen molar-refractivity contribution in [1.82, 2.24) is 15.3 Å². The fourth-order valence-electron chi connectivity index (χ4n) is 2.16. The molecular weight excluding hydrogens is 257 g/mol. The van der Waals surface area contributed by atoms with Gasteiger partial charge in [0.25, 0.3) is 0 Å². The van der Waals surface area contributed by atoms with E-state index in [0.29, 0.717) is 11.3 Å². The van der Waals surface area contributed by atoms with E-state index in [-0.39, 0.29) is 11.9 Å². The minimum Gasteiger partial charge on any atom is -0.459 e. The summed E-state index contributed by atoms with van der Waals surface area (Å²) in [5.41, 5.74) is 2.27. The van der Waals surface area contributed by atoms with Crippen molar-refractivity contribution in [1.29, 1.82) is 0 Å². The molecule has 2 heterocycles. The lowest BCUT2D eigenvalue weighted by atomic mass is 10.1. The maximum absolute atomic E-state index is 13.2. The molecule has 1 unspecified atom stereocenters. The van der Waals surface area contributed by atoms with Gasteiger partial charge in [-0.2, -0.15) is 0 Å². The average Bonchev–Trinajstić information content (AvgIpc) is 2.84. The lowest BCUT2D eigenvalue weighted by molar-refractivity contribution is 0.484. The molecule has 4 nitrogen and oxygen atoms in total. The fraction of sp³-hybridized carbons (Fsp3) is 0.200. The summed E-state index contributed by atoms with van der Waals surface area (Å²) in [5.74, 6) is 0.409. The number of nitrogens with zero attached hydrogens (tertiary/aromatic N) is 2. The van der Waals surface area contributed by atoms with E-state index in [9.17, 15) is 4.39 Å². The molecule has 0 bridgehead atoms. The molecule has 20 heavy (non-hydrogen) atoms. The second-order valence-electron chi connectivity index (χ2n) is 4.64. The highest BCUT2D eigenvalue weighted by Gasteiger charge is 2.18. The summed E-state index contributed by atoms with van der Waals surface area (Å²) in [6.45, 7) is 1.88. The molecule has 0 fully saturated rings. The third-order valence-electron chi connectivity index (χ3n) is 3.17. The summed E-state index contributed by atoms with van der Waals surface area (Å²) in [6.07, 6.45) is 3.42. The van der Waals surface area contributed by atoms with Crippen LogP contribution < -0.4 is 5.32 Å². The second-order valence-corrected chi connectivity index (χ2v) is 4.64. The van der Waals surface area contributed by atoms with E-state index in [1.54, 1.807) is 18.5 Å². The highest BCUT2D eigenvalue weighted by atomic mass is 19.1. The molecule has 1 N–H and O–H groups in total. The molecule has 3 rings (SSSR count). The molecule has 0 aliphatic carbocycles. The van der Waals surface area contributed by atoms with Crippen molar-refractivity contribution in [2.24, 2.45) is 0 Å². The lowest BCUT2D eigenvalue weighted by Gasteiger charge is -2.12.